The van der Waals surface area contributed by atoms with Crippen LogP contribution in [-0.4, -0.2) is 47.7 Å². The third kappa shape index (κ3) is 3.93. The molecule has 0 N–H and O–H groups in total. The smallest absolute Gasteiger partial charge is 0.410 e. The summed E-state index contributed by atoms with van der Waals surface area (Å²) in [6.07, 6.45) is 6.28. The SMILES string of the molecule is CC(C)(C)OC(=O)N1C2CCCC1CC(C(=O)C1CCOCC1)C2. The molecule has 2 bridgehead atoms. The van der Waals surface area contributed by atoms with E-state index in [1.54, 1.807) is 0 Å². The average molecular weight is 337 g/mol. The van der Waals surface area contributed by atoms with E-state index < -0.39 is 5.60 Å². The monoisotopic (exact) mass is 337 g/mol. The molecule has 5 heteroatoms. The van der Waals surface area contributed by atoms with Crippen LogP contribution in [0.25, 0.3) is 0 Å². The van der Waals surface area contributed by atoms with Crippen molar-refractivity contribution in [1.82, 2.24) is 4.90 Å². The van der Waals surface area contributed by atoms with E-state index >= 15 is 0 Å². The second-order valence-electron chi connectivity index (χ2n) is 8.58. The van der Waals surface area contributed by atoms with Crippen LogP contribution in [-0.2, 0) is 14.3 Å². The first-order chi connectivity index (χ1) is 11.3. The Labute approximate surface area is 145 Å². The number of piperidine rings is 2. The minimum absolute atomic E-state index is 0.113. The summed E-state index contributed by atoms with van der Waals surface area (Å²) in [6.45, 7) is 7.13. The number of ether oxygens (including phenoxy) is 2. The lowest BCUT2D eigenvalue weighted by Crippen LogP contribution is -2.57. The topological polar surface area (TPSA) is 55.8 Å². The lowest BCUT2D eigenvalue weighted by atomic mass is 9.73. The van der Waals surface area contributed by atoms with Crippen molar-refractivity contribution in [2.24, 2.45) is 11.8 Å². The van der Waals surface area contributed by atoms with Crippen molar-refractivity contribution < 1.29 is 19.1 Å². The highest BCUT2D eigenvalue weighted by atomic mass is 16.6. The van der Waals surface area contributed by atoms with Crippen LogP contribution in [0, 0.1) is 11.8 Å². The van der Waals surface area contributed by atoms with Gasteiger partial charge in [-0.3, -0.25) is 4.79 Å². The van der Waals surface area contributed by atoms with Gasteiger partial charge in [0, 0.05) is 37.1 Å². The molecule has 24 heavy (non-hydrogen) atoms. The summed E-state index contributed by atoms with van der Waals surface area (Å²) < 4.78 is 11.0. The van der Waals surface area contributed by atoms with E-state index in [9.17, 15) is 9.59 Å². The lowest BCUT2D eigenvalue weighted by molar-refractivity contribution is -0.133. The molecule has 0 saturated carbocycles. The van der Waals surface area contributed by atoms with Gasteiger partial charge in [0.2, 0.25) is 0 Å². The van der Waals surface area contributed by atoms with Gasteiger partial charge in [-0.25, -0.2) is 4.79 Å². The van der Waals surface area contributed by atoms with Gasteiger partial charge in [0.1, 0.15) is 11.4 Å². The van der Waals surface area contributed by atoms with E-state index in [-0.39, 0.29) is 30.0 Å². The van der Waals surface area contributed by atoms with E-state index in [0.717, 1.165) is 44.9 Å². The van der Waals surface area contributed by atoms with Gasteiger partial charge in [-0.2, -0.15) is 0 Å². The number of rotatable bonds is 2. The molecule has 1 amide bonds. The standard InChI is InChI=1S/C19H31NO4/c1-19(2,3)24-18(22)20-15-5-4-6-16(20)12-14(11-15)17(21)13-7-9-23-10-8-13/h13-16H,4-12H2,1-3H3. The number of Topliss-reactive ketones (excluding diaryl/α,β-unsaturated/α-hetero) is 1. The largest absolute Gasteiger partial charge is 0.444 e. The fourth-order valence-corrected chi connectivity index (χ4v) is 4.54. The molecule has 3 aliphatic heterocycles. The Morgan fingerprint density at radius 3 is 2.08 bits per heavy atom. The first-order valence-electron chi connectivity index (χ1n) is 9.48. The average Bonchev–Trinajstić information content (AvgIpc) is 2.52. The summed E-state index contributed by atoms with van der Waals surface area (Å²) in [6, 6.07) is 0.335. The molecule has 3 heterocycles. The number of carbonyl (C=O) groups excluding carboxylic acids is 2. The van der Waals surface area contributed by atoms with Crippen molar-refractivity contribution in [1.29, 1.82) is 0 Å². The molecule has 5 nitrogen and oxygen atoms in total. The van der Waals surface area contributed by atoms with Crippen LogP contribution in [0.3, 0.4) is 0 Å². The Kier molecular flexibility index (Phi) is 5.19. The summed E-state index contributed by atoms with van der Waals surface area (Å²) >= 11 is 0. The Morgan fingerprint density at radius 2 is 1.54 bits per heavy atom. The quantitative estimate of drug-likeness (QED) is 0.773. The van der Waals surface area contributed by atoms with Crippen LogP contribution in [0.1, 0.15) is 65.7 Å². The third-order valence-electron chi connectivity index (χ3n) is 5.61. The lowest BCUT2D eigenvalue weighted by Gasteiger charge is -2.48. The molecule has 0 aromatic heterocycles. The van der Waals surface area contributed by atoms with E-state index in [4.69, 9.17) is 9.47 Å². The van der Waals surface area contributed by atoms with Gasteiger partial charge in [-0.15, -0.1) is 0 Å². The molecule has 0 aromatic carbocycles. The van der Waals surface area contributed by atoms with E-state index in [1.165, 1.54) is 0 Å². The zero-order chi connectivity index (χ0) is 17.3. The predicted molar refractivity (Wildman–Crippen MR) is 90.8 cm³/mol. The Bertz CT molecular complexity index is 464. The summed E-state index contributed by atoms with van der Waals surface area (Å²) in [4.78, 5) is 27.5. The molecule has 0 radical (unpaired) electrons. The van der Waals surface area contributed by atoms with Crippen LogP contribution in [0.4, 0.5) is 4.79 Å². The number of carbonyl (C=O) groups is 2. The number of hydrogen-bond acceptors (Lipinski definition) is 4. The van der Waals surface area contributed by atoms with Crippen LogP contribution in [0.2, 0.25) is 0 Å². The molecule has 3 saturated heterocycles. The molecule has 2 atom stereocenters. The second kappa shape index (κ2) is 7.03. The van der Waals surface area contributed by atoms with Gasteiger partial charge in [0.25, 0.3) is 0 Å². The van der Waals surface area contributed by atoms with Crippen LogP contribution in [0.15, 0.2) is 0 Å². The maximum atomic E-state index is 12.9. The number of nitrogens with zero attached hydrogens (tertiary/aromatic N) is 1. The van der Waals surface area contributed by atoms with Crippen molar-refractivity contribution in [2.75, 3.05) is 13.2 Å². The summed E-state index contributed by atoms with van der Waals surface area (Å²) in [5.74, 6) is 0.693. The van der Waals surface area contributed by atoms with Gasteiger partial charge in [-0.05, 0) is 65.7 Å². The van der Waals surface area contributed by atoms with Crippen molar-refractivity contribution >= 4 is 11.9 Å². The van der Waals surface area contributed by atoms with Crippen LogP contribution < -0.4 is 0 Å². The fourth-order valence-electron chi connectivity index (χ4n) is 4.54. The summed E-state index contributed by atoms with van der Waals surface area (Å²) in [5, 5.41) is 0. The maximum Gasteiger partial charge on any atom is 0.410 e. The predicted octanol–water partition coefficient (Wildman–Crippen LogP) is 3.55. The van der Waals surface area contributed by atoms with Gasteiger partial charge in [0.05, 0.1) is 0 Å². The highest BCUT2D eigenvalue weighted by Crippen LogP contribution is 2.39. The Hall–Kier alpha value is -1.10. The first kappa shape index (κ1) is 17.7. The highest BCUT2D eigenvalue weighted by Gasteiger charge is 2.45. The number of ketones is 1. The van der Waals surface area contributed by atoms with E-state index in [0.29, 0.717) is 19.0 Å². The minimum atomic E-state index is -0.472. The zero-order valence-corrected chi connectivity index (χ0v) is 15.3. The van der Waals surface area contributed by atoms with Crippen molar-refractivity contribution in [3.8, 4) is 0 Å². The minimum Gasteiger partial charge on any atom is -0.444 e. The van der Waals surface area contributed by atoms with E-state index in [2.05, 4.69) is 0 Å². The molecule has 2 unspecified atom stereocenters. The number of amides is 1. The molecule has 0 spiro atoms. The van der Waals surface area contributed by atoms with E-state index in [1.807, 2.05) is 25.7 Å². The number of fused-ring (bicyclic) bond motifs is 2. The normalized spacial score (nSPS) is 31.6. The Balaban J connectivity index is 1.66. The fraction of sp³-hybridized carbons (Fsp3) is 0.895. The van der Waals surface area contributed by atoms with Gasteiger partial charge in [-0.1, -0.05) is 0 Å². The van der Waals surface area contributed by atoms with Gasteiger partial charge in [0.15, 0.2) is 0 Å². The van der Waals surface area contributed by atoms with Crippen molar-refractivity contribution in [2.45, 2.75) is 83.4 Å². The van der Waals surface area contributed by atoms with Crippen molar-refractivity contribution in [3.63, 3.8) is 0 Å². The molecular weight excluding hydrogens is 306 g/mol. The molecule has 3 aliphatic rings. The van der Waals surface area contributed by atoms with Crippen molar-refractivity contribution in [3.05, 3.63) is 0 Å². The molecule has 0 aliphatic carbocycles. The van der Waals surface area contributed by atoms with Crippen LogP contribution >= 0.6 is 0 Å². The molecule has 0 aromatic rings. The Morgan fingerprint density at radius 1 is 0.958 bits per heavy atom. The molecule has 3 fully saturated rings. The molecule has 136 valence electrons. The van der Waals surface area contributed by atoms with Gasteiger partial charge < -0.3 is 14.4 Å². The summed E-state index contributed by atoms with van der Waals surface area (Å²) in [7, 11) is 0. The number of hydrogen-bond donors (Lipinski definition) is 0. The van der Waals surface area contributed by atoms with Crippen LogP contribution in [0.5, 0.6) is 0 Å². The third-order valence-corrected chi connectivity index (χ3v) is 5.61. The summed E-state index contributed by atoms with van der Waals surface area (Å²) in [5.41, 5.74) is -0.472. The first-order valence-corrected chi connectivity index (χ1v) is 9.48. The highest BCUT2D eigenvalue weighted by molar-refractivity contribution is 5.84. The maximum absolute atomic E-state index is 12.9. The zero-order valence-electron chi connectivity index (χ0n) is 15.3. The second-order valence-corrected chi connectivity index (χ2v) is 8.58. The molecule has 3 rings (SSSR count). The van der Waals surface area contributed by atoms with Gasteiger partial charge >= 0.3 is 6.09 Å². The molecular formula is C19H31NO4.